The Bertz CT molecular complexity index is 1150. The third-order valence-electron chi connectivity index (χ3n) is 6.30. The second-order valence-corrected chi connectivity index (χ2v) is 7.91. The number of aryl methyl sites for hydroxylation is 1. The number of halogens is 1. The van der Waals surface area contributed by atoms with Crippen LogP contribution in [0.3, 0.4) is 0 Å². The van der Waals surface area contributed by atoms with E-state index in [1.807, 2.05) is 6.07 Å². The quantitative estimate of drug-likeness (QED) is 0.272. The molecule has 0 radical (unpaired) electrons. The smallest absolute Gasteiger partial charge is 0.0726 e. The molecule has 2 aliphatic rings. The summed E-state index contributed by atoms with van der Waals surface area (Å²) in [6.07, 6.45) is 0. The van der Waals surface area contributed by atoms with Gasteiger partial charge in [-0.1, -0.05) is 90.5 Å². The Balaban J connectivity index is 1.90. The van der Waals surface area contributed by atoms with Crippen LogP contribution in [0, 0.1) is 6.92 Å². The van der Waals surface area contributed by atoms with Gasteiger partial charge in [0.25, 0.3) is 0 Å². The van der Waals surface area contributed by atoms with E-state index in [0.29, 0.717) is 0 Å². The van der Waals surface area contributed by atoms with E-state index in [2.05, 4.69) is 85.8 Å². The zero-order valence-electron chi connectivity index (χ0n) is 15.0. The van der Waals surface area contributed by atoms with Crippen molar-refractivity contribution in [3.63, 3.8) is 0 Å². The zero-order chi connectivity index (χ0) is 18.2. The Kier molecular flexibility index (Phi) is 2.89. The van der Waals surface area contributed by atoms with E-state index in [1.54, 1.807) is 0 Å². The molecule has 0 aromatic heterocycles. The molecule has 27 heavy (non-hydrogen) atoms. The third kappa shape index (κ3) is 1.66. The normalized spacial score (nSPS) is 18.1. The van der Waals surface area contributed by atoms with Crippen molar-refractivity contribution in [1.82, 2.24) is 0 Å². The van der Waals surface area contributed by atoms with Crippen LogP contribution in [0.5, 0.6) is 0 Å². The van der Waals surface area contributed by atoms with E-state index in [0.717, 1.165) is 5.02 Å². The van der Waals surface area contributed by atoms with Gasteiger partial charge in [0.15, 0.2) is 0 Å². The molecule has 0 fully saturated rings. The third-order valence-corrected chi connectivity index (χ3v) is 6.61. The van der Waals surface area contributed by atoms with Crippen LogP contribution < -0.4 is 0 Å². The summed E-state index contributed by atoms with van der Waals surface area (Å²) >= 11 is 6.74. The molecule has 1 unspecified atom stereocenters. The second kappa shape index (κ2) is 5.12. The van der Waals surface area contributed by atoms with Crippen molar-refractivity contribution in [2.45, 2.75) is 12.3 Å². The van der Waals surface area contributed by atoms with Gasteiger partial charge in [-0.15, -0.1) is 0 Å². The van der Waals surface area contributed by atoms with E-state index in [4.69, 9.17) is 11.6 Å². The fourth-order valence-electron chi connectivity index (χ4n) is 5.37. The number of benzene rings is 4. The van der Waals surface area contributed by atoms with Crippen LogP contribution in [0.1, 0.15) is 27.8 Å². The Labute approximate surface area is 164 Å². The van der Waals surface area contributed by atoms with E-state index in [1.165, 1.54) is 50.1 Å². The first kappa shape index (κ1) is 15.2. The zero-order valence-corrected chi connectivity index (χ0v) is 15.7. The highest BCUT2D eigenvalue weighted by molar-refractivity contribution is 6.34. The molecule has 0 N–H and O–H groups in total. The lowest BCUT2D eigenvalue weighted by molar-refractivity contribution is 0.793. The van der Waals surface area contributed by atoms with Crippen LogP contribution in [0.25, 0.3) is 22.3 Å². The molecule has 0 nitrogen and oxygen atoms in total. The lowest BCUT2D eigenvalue weighted by Gasteiger charge is -2.30. The first-order valence-electron chi connectivity index (χ1n) is 9.33. The van der Waals surface area contributed by atoms with Crippen molar-refractivity contribution in [2.75, 3.05) is 0 Å². The van der Waals surface area contributed by atoms with Crippen molar-refractivity contribution in [1.29, 1.82) is 0 Å². The van der Waals surface area contributed by atoms with Gasteiger partial charge in [-0.3, -0.25) is 0 Å². The molecule has 0 aliphatic heterocycles. The van der Waals surface area contributed by atoms with Crippen molar-refractivity contribution in [3.05, 3.63) is 118 Å². The minimum atomic E-state index is -0.283. The topological polar surface area (TPSA) is 0 Å². The molecule has 0 saturated carbocycles. The van der Waals surface area contributed by atoms with Crippen molar-refractivity contribution in [2.24, 2.45) is 0 Å². The van der Waals surface area contributed by atoms with E-state index >= 15 is 0 Å². The van der Waals surface area contributed by atoms with Gasteiger partial charge in [0.05, 0.1) is 5.41 Å². The molecule has 1 heteroatoms. The van der Waals surface area contributed by atoms with Crippen LogP contribution in [-0.4, -0.2) is 0 Å². The summed E-state index contributed by atoms with van der Waals surface area (Å²) in [4.78, 5) is 0. The van der Waals surface area contributed by atoms with Crippen LogP contribution in [-0.2, 0) is 5.41 Å². The summed E-state index contributed by atoms with van der Waals surface area (Å²) in [7, 11) is 0. The van der Waals surface area contributed by atoms with Gasteiger partial charge >= 0.3 is 0 Å². The number of fused-ring (bicyclic) bond motifs is 10. The van der Waals surface area contributed by atoms with Crippen LogP contribution >= 0.6 is 11.6 Å². The van der Waals surface area contributed by atoms with E-state index < -0.39 is 0 Å². The first-order chi connectivity index (χ1) is 13.2. The summed E-state index contributed by atoms with van der Waals surface area (Å²) in [6, 6.07) is 30.7. The molecule has 0 bridgehead atoms. The molecule has 4 aromatic carbocycles. The molecular formula is C26H17Cl. The molecule has 128 valence electrons. The molecule has 0 heterocycles. The van der Waals surface area contributed by atoms with Crippen LogP contribution in [0.4, 0.5) is 0 Å². The SMILES string of the molecule is Cc1cccc2c1-c1ccccc1C21c2ccccc2-c2c(Cl)cccc21. The Morgan fingerprint density at radius 2 is 1.07 bits per heavy atom. The van der Waals surface area contributed by atoms with E-state index in [9.17, 15) is 0 Å². The van der Waals surface area contributed by atoms with E-state index in [-0.39, 0.29) is 5.41 Å². The molecule has 2 aliphatic carbocycles. The number of hydrogen-bond donors (Lipinski definition) is 0. The monoisotopic (exact) mass is 364 g/mol. The average Bonchev–Trinajstić information content (AvgIpc) is 3.17. The van der Waals surface area contributed by atoms with Gasteiger partial charge < -0.3 is 0 Å². The highest BCUT2D eigenvalue weighted by atomic mass is 35.5. The van der Waals surface area contributed by atoms with Gasteiger partial charge in [0, 0.05) is 10.6 Å². The average molecular weight is 365 g/mol. The largest absolute Gasteiger partial charge is 0.0837 e. The lowest BCUT2D eigenvalue weighted by atomic mass is 9.70. The van der Waals surface area contributed by atoms with Crippen LogP contribution in [0.2, 0.25) is 5.02 Å². The highest BCUT2D eigenvalue weighted by Crippen LogP contribution is 2.63. The molecule has 6 rings (SSSR count). The lowest BCUT2D eigenvalue weighted by Crippen LogP contribution is -2.25. The molecule has 0 amide bonds. The maximum absolute atomic E-state index is 6.74. The predicted molar refractivity (Wildman–Crippen MR) is 112 cm³/mol. The molecular weight excluding hydrogens is 348 g/mol. The highest BCUT2D eigenvalue weighted by Gasteiger charge is 2.52. The Hall–Kier alpha value is -2.83. The fraction of sp³-hybridized carbons (Fsp3) is 0.0769. The molecule has 4 aromatic rings. The van der Waals surface area contributed by atoms with Gasteiger partial charge in [-0.2, -0.15) is 0 Å². The Morgan fingerprint density at radius 3 is 1.78 bits per heavy atom. The summed E-state index contributed by atoms with van der Waals surface area (Å²) in [6.45, 7) is 2.22. The van der Waals surface area contributed by atoms with Crippen molar-refractivity contribution < 1.29 is 0 Å². The summed E-state index contributed by atoms with van der Waals surface area (Å²) in [5.74, 6) is 0. The van der Waals surface area contributed by atoms with Crippen molar-refractivity contribution in [3.8, 4) is 22.3 Å². The first-order valence-corrected chi connectivity index (χ1v) is 9.71. The second-order valence-electron chi connectivity index (χ2n) is 7.50. The van der Waals surface area contributed by atoms with Gasteiger partial charge in [0.1, 0.15) is 0 Å². The summed E-state index contributed by atoms with van der Waals surface area (Å²) < 4.78 is 0. The van der Waals surface area contributed by atoms with Crippen LogP contribution in [0.15, 0.2) is 84.9 Å². The maximum Gasteiger partial charge on any atom is 0.0726 e. The minimum Gasteiger partial charge on any atom is -0.0837 e. The molecule has 0 saturated heterocycles. The summed E-state index contributed by atoms with van der Waals surface area (Å²) in [5.41, 5.74) is 11.6. The Morgan fingerprint density at radius 1 is 0.556 bits per heavy atom. The van der Waals surface area contributed by atoms with Gasteiger partial charge in [-0.05, 0) is 57.5 Å². The number of hydrogen-bond acceptors (Lipinski definition) is 0. The predicted octanol–water partition coefficient (Wildman–Crippen LogP) is 6.99. The fourth-order valence-corrected chi connectivity index (χ4v) is 5.65. The minimum absolute atomic E-state index is 0.283. The number of rotatable bonds is 0. The van der Waals surface area contributed by atoms with Gasteiger partial charge in [-0.25, -0.2) is 0 Å². The molecule has 1 atom stereocenters. The van der Waals surface area contributed by atoms with Crippen molar-refractivity contribution >= 4 is 11.6 Å². The standard InChI is InChI=1S/C26H17Cl/c1-16-8-6-13-21-24(16)17-9-2-4-11-19(17)26(21)20-12-5-3-10-18(20)25-22(26)14-7-15-23(25)27/h2-15H,1H3. The summed E-state index contributed by atoms with van der Waals surface area (Å²) in [5, 5.41) is 0.829. The maximum atomic E-state index is 6.74. The van der Waals surface area contributed by atoms with Gasteiger partial charge in [0.2, 0.25) is 0 Å². The molecule has 1 spiro atoms.